The van der Waals surface area contributed by atoms with Crippen molar-refractivity contribution >= 4 is 5.78 Å². The topological polar surface area (TPSA) is 37.3 Å². The van der Waals surface area contributed by atoms with Crippen molar-refractivity contribution in [1.29, 1.82) is 0 Å². The number of carbonyl (C=O) groups is 1. The van der Waals surface area contributed by atoms with Crippen LogP contribution in [0.5, 0.6) is 5.75 Å². The van der Waals surface area contributed by atoms with E-state index in [4.69, 9.17) is 0 Å². The van der Waals surface area contributed by atoms with Crippen molar-refractivity contribution in [3.05, 3.63) is 52.6 Å². The third-order valence-corrected chi connectivity index (χ3v) is 8.00. The molecule has 1 N–H and O–H groups in total. The maximum absolute atomic E-state index is 11.8. The van der Waals surface area contributed by atoms with Gasteiger partial charge < -0.3 is 5.11 Å². The lowest BCUT2D eigenvalue weighted by Gasteiger charge is -2.49. The molecule has 0 aliphatic heterocycles. The highest BCUT2D eigenvalue weighted by atomic mass is 16.3. The van der Waals surface area contributed by atoms with Crippen molar-refractivity contribution in [3.63, 3.8) is 0 Å². The predicted octanol–water partition coefficient (Wildman–Crippen LogP) is 5.68. The smallest absolute Gasteiger partial charge is 0.156 e. The maximum Gasteiger partial charge on any atom is 0.156 e. The molecule has 0 radical (unpaired) electrons. The first-order chi connectivity index (χ1) is 12.6. The summed E-state index contributed by atoms with van der Waals surface area (Å²) < 4.78 is 0. The Labute approximate surface area is 156 Å². The molecular formula is C24H28O2. The zero-order chi connectivity index (χ0) is 17.9. The Morgan fingerprint density at radius 2 is 1.96 bits per heavy atom. The van der Waals surface area contributed by atoms with Crippen molar-refractivity contribution in [3.8, 4) is 5.75 Å². The van der Waals surface area contributed by atoms with Gasteiger partial charge in [0.2, 0.25) is 0 Å². The number of phenols is 1. The van der Waals surface area contributed by atoms with Crippen LogP contribution >= 0.6 is 0 Å². The van der Waals surface area contributed by atoms with Gasteiger partial charge in [-0.15, -0.1) is 0 Å². The van der Waals surface area contributed by atoms with E-state index in [2.05, 4.69) is 13.0 Å². The van der Waals surface area contributed by atoms with Gasteiger partial charge in [-0.2, -0.15) is 0 Å². The second-order valence-corrected chi connectivity index (χ2v) is 9.12. The molecule has 2 fully saturated rings. The van der Waals surface area contributed by atoms with Crippen molar-refractivity contribution in [1.82, 2.24) is 0 Å². The summed E-state index contributed by atoms with van der Waals surface area (Å²) in [5, 5.41) is 9.95. The van der Waals surface area contributed by atoms with Gasteiger partial charge in [0.1, 0.15) is 5.75 Å². The second-order valence-electron chi connectivity index (χ2n) is 9.12. The first kappa shape index (κ1) is 16.4. The van der Waals surface area contributed by atoms with Gasteiger partial charge in [0.15, 0.2) is 5.78 Å². The molecule has 1 aromatic rings. The van der Waals surface area contributed by atoms with Crippen molar-refractivity contribution in [2.75, 3.05) is 0 Å². The number of fused-ring (bicyclic) bond motifs is 4. The average molecular weight is 348 g/mol. The van der Waals surface area contributed by atoms with E-state index in [9.17, 15) is 9.90 Å². The molecule has 26 heavy (non-hydrogen) atoms. The number of phenolic OH excluding ortho intramolecular Hbond substituents is 1. The van der Waals surface area contributed by atoms with Crippen LogP contribution in [0.1, 0.15) is 69.8 Å². The van der Waals surface area contributed by atoms with Gasteiger partial charge >= 0.3 is 0 Å². The van der Waals surface area contributed by atoms with Crippen LogP contribution in [0.25, 0.3) is 0 Å². The molecule has 5 rings (SSSR count). The van der Waals surface area contributed by atoms with E-state index in [1.807, 2.05) is 18.2 Å². The zero-order valence-corrected chi connectivity index (χ0v) is 15.6. The average Bonchev–Trinajstić information content (AvgIpc) is 2.98. The summed E-state index contributed by atoms with van der Waals surface area (Å²) in [4.78, 5) is 11.8. The van der Waals surface area contributed by atoms with Crippen molar-refractivity contribution < 1.29 is 9.90 Å². The third kappa shape index (κ3) is 2.34. The van der Waals surface area contributed by atoms with Crippen molar-refractivity contribution in [2.24, 2.45) is 17.3 Å². The summed E-state index contributed by atoms with van der Waals surface area (Å²) in [6.45, 7) is 2.51. The largest absolute Gasteiger partial charge is 0.508 e. The van der Waals surface area contributed by atoms with Crippen LogP contribution < -0.4 is 0 Å². The molecule has 4 aliphatic rings. The normalized spacial score (nSPS) is 36.3. The highest BCUT2D eigenvalue weighted by Crippen LogP contribution is 2.64. The van der Waals surface area contributed by atoms with E-state index in [1.54, 1.807) is 17.2 Å². The number of benzene rings is 1. The quantitative estimate of drug-likeness (QED) is 0.709. The van der Waals surface area contributed by atoms with Crippen LogP contribution in [0.2, 0.25) is 0 Å². The number of allylic oxidation sites excluding steroid dienone is 4. The number of hydrogen-bond acceptors (Lipinski definition) is 2. The molecular weight excluding hydrogens is 320 g/mol. The maximum atomic E-state index is 11.8. The van der Waals surface area contributed by atoms with Gasteiger partial charge in [-0.25, -0.2) is 0 Å². The van der Waals surface area contributed by atoms with Gasteiger partial charge in [0.25, 0.3) is 0 Å². The molecule has 2 nitrogen and oxygen atoms in total. The van der Waals surface area contributed by atoms with Crippen LogP contribution in [0.3, 0.4) is 0 Å². The van der Waals surface area contributed by atoms with Crippen LogP contribution in [-0.4, -0.2) is 10.9 Å². The van der Waals surface area contributed by atoms with E-state index in [1.165, 1.54) is 43.2 Å². The van der Waals surface area contributed by atoms with Crippen LogP contribution in [0.4, 0.5) is 0 Å². The molecule has 4 atom stereocenters. The molecule has 0 amide bonds. The number of rotatable bonds is 1. The molecule has 0 bridgehead atoms. The van der Waals surface area contributed by atoms with Crippen LogP contribution in [0, 0.1) is 17.3 Å². The van der Waals surface area contributed by atoms with Gasteiger partial charge in [-0.3, -0.25) is 4.79 Å². The zero-order valence-electron chi connectivity index (χ0n) is 15.6. The summed E-state index contributed by atoms with van der Waals surface area (Å²) in [5.41, 5.74) is 6.29. The summed E-state index contributed by atoms with van der Waals surface area (Å²) in [6, 6.07) is 7.97. The Hall–Kier alpha value is -1.83. The third-order valence-electron chi connectivity index (χ3n) is 8.00. The summed E-state index contributed by atoms with van der Waals surface area (Å²) in [5.74, 6) is 2.76. The fourth-order valence-corrected chi connectivity index (χ4v) is 6.82. The number of aromatic hydroxyl groups is 1. The molecule has 1 aromatic carbocycles. The Bertz CT molecular complexity index is 830. The molecule has 2 heteroatoms. The minimum atomic E-state index is 0.327. The second kappa shape index (κ2) is 5.84. The van der Waals surface area contributed by atoms with E-state index < -0.39 is 0 Å². The number of carbonyl (C=O) groups excluding carboxylic acids is 1. The molecule has 4 aliphatic carbocycles. The minimum absolute atomic E-state index is 0.327. The van der Waals surface area contributed by atoms with Gasteiger partial charge in [0.05, 0.1) is 0 Å². The van der Waals surface area contributed by atoms with E-state index in [0.29, 0.717) is 29.3 Å². The van der Waals surface area contributed by atoms with E-state index in [-0.39, 0.29) is 0 Å². The monoisotopic (exact) mass is 348 g/mol. The Kier molecular flexibility index (Phi) is 3.67. The van der Waals surface area contributed by atoms with Gasteiger partial charge in [-0.1, -0.05) is 24.6 Å². The number of hydrogen-bond donors (Lipinski definition) is 1. The lowest BCUT2D eigenvalue weighted by molar-refractivity contribution is -0.114. The number of ketones is 1. The molecule has 0 saturated heterocycles. The first-order valence-corrected chi connectivity index (χ1v) is 10.3. The molecule has 0 unspecified atom stereocenters. The summed E-state index contributed by atoms with van der Waals surface area (Å²) >= 11 is 0. The highest BCUT2D eigenvalue weighted by molar-refractivity contribution is 5.93. The molecule has 2 saturated carbocycles. The van der Waals surface area contributed by atoms with E-state index >= 15 is 0 Å². The SMILES string of the molecule is C[C@]12CCC3=C4CCC(=O)C=C4CC[C@H]3[C@@H]1CC[C@H]2c1cccc(O)c1. The minimum Gasteiger partial charge on any atom is -0.508 e. The molecule has 136 valence electrons. The van der Waals surface area contributed by atoms with Crippen molar-refractivity contribution in [2.45, 2.75) is 64.2 Å². The highest BCUT2D eigenvalue weighted by Gasteiger charge is 2.53. The summed E-state index contributed by atoms with van der Waals surface area (Å²) in [6.07, 6.45) is 11.0. The molecule has 0 heterocycles. The Balaban J connectivity index is 1.50. The summed E-state index contributed by atoms with van der Waals surface area (Å²) in [7, 11) is 0. The van der Waals surface area contributed by atoms with Gasteiger partial charge in [0, 0.05) is 6.42 Å². The fourth-order valence-electron chi connectivity index (χ4n) is 6.82. The molecule has 0 spiro atoms. The lowest BCUT2D eigenvalue weighted by Crippen LogP contribution is -2.39. The fraction of sp³-hybridized carbons (Fsp3) is 0.542. The lowest BCUT2D eigenvalue weighted by atomic mass is 9.55. The van der Waals surface area contributed by atoms with Crippen LogP contribution in [-0.2, 0) is 4.79 Å². The molecule has 0 aromatic heterocycles. The Morgan fingerprint density at radius 3 is 2.81 bits per heavy atom. The van der Waals surface area contributed by atoms with E-state index in [0.717, 1.165) is 24.7 Å². The predicted molar refractivity (Wildman–Crippen MR) is 103 cm³/mol. The first-order valence-electron chi connectivity index (χ1n) is 10.3. The standard InChI is InChI=1S/C24H28O2/c1-24-12-11-20-19-8-6-18(26)13-15(19)5-7-21(20)23(24)10-9-22(24)16-3-2-4-17(25)14-16/h2-4,13-14,21-23,25H,5-12H2,1H3/t21-,22+,23+,24-/m1/s1. The van der Waals surface area contributed by atoms with Gasteiger partial charge in [-0.05, 0) is 103 Å². The Morgan fingerprint density at radius 1 is 1.08 bits per heavy atom. The van der Waals surface area contributed by atoms with Crippen LogP contribution in [0.15, 0.2) is 47.1 Å².